The molecule has 0 aliphatic heterocycles. The highest BCUT2D eigenvalue weighted by Crippen LogP contribution is 2.11. The Morgan fingerprint density at radius 3 is 2.40 bits per heavy atom. The van der Waals surface area contributed by atoms with Gasteiger partial charge in [-0.1, -0.05) is 12.1 Å². The summed E-state index contributed by atoms with van der Waals surface area (Å²) < 4.78 is 10.6. The molecule has 0 fully saturated rings. The summed E-state index contributed by atoms with van der Waals surface area (Å²) in [6.07, 6.45) is 2.83. The van der Waals surface area contributed by atoms with Crippen molar-refractivity contribution in [1.82, 2.24) is 15.3 Å². The number of nitrogens with zero attached hydrogens (tertiary/aromatic N) is 2. The van der Waals surface area contributed by atoms with Gasteiger partial charge in [0.15, 0.2) is 5.69 Å². The lowest BCUT2D eigenvalue weighted by Gasteiger charge is -2.07. The number of methoxy groups -OCH3 is 1. The number of ether oxygens (including phenoxy) is 2. The largest absolute Gasteiger partial charge is 0.497 e. The first-order valence-corrected chi connectivity index (χ1v) is 7.64. The number of carbonyl (C=O) groups excluding carboxylic acids is 1. The number of benzene rings is 1. The minimum Gasteiger partial charge on any atom is -0.497 e. The molecule has 0 unspecified atom stereocenters. The quantitative estimate of drug-likeness (QED) is 0.663. The molecule has 2 rings (SSSR count). The van der Waals surface area contributed by atoms with Gasteiger partial charge in [-0.3, -0.25) is 4.79 Å². The third-order valence-electron chi connectivity index (χ3n) is 3.28. The Kier molecular flexibility index (Phi) is 6.85. The molecule has 0 aliphatic carbocycles. The van der Waals surface area contributed by atoms with E-state index in [0.717, 1.165) is 23.7 Å². The second-order valence-corrected chi connectivity index (χ2v) is 5.10. The predicted molar refractivity (Wildman–Crippen MR) is 88.6 cm³/mol. The van der Waals surface area contributed by atoms with Crippen molar-refractivity contribution in [2.45, 2.75) is 13.0 Å². The molecule has 8 nitrogen and oxygen atoms in total. The fraction of sp³-hybridized carbons (Fsp3) is 0.294. The van der Waals surface area contributed by atoms with E-state index >= 15 is 0 Å². The normalized spacial score (nSPS) is 10.3. The van der Waals surface area contributed by atoms with Crippen LogP contribution in [-0.2, 0) is 11.3 Å². The molecule has 1 aromatic heterocycles. The van der Waals surface area contributed by atoms with Crippen LogP contribution < -0.4 is 10.1 Å². The molecule has 132 valence electrons. The van der Waals surface area contributed by atoms with E-state index in [4.69, 9.17) is 14.6 Å². The third-order valence-corrected chi connectivity index (χ3v) is 3.28. The average Bonchev–Trinajstić information content (AvgIpc) is 2.65. The Morgan fingerprint density at radius 1 is 1.12 bits per heavy atom. The van der Waals surface area contributed by atoms with Gasteiger partial charge in [0.1, 0.15) is 11.4 Å². The van der Waals surface area contributed by atoms with Crippen molar-refractivity contribution in [2.75, 3.05) is 20.3 Å². The van der Waals surface area contributed by atoms with Crippen LogP contribution in [0.25, 0.3) is 0 Å². The predicted octanol–water partition coefficient (Wildman–Crippen LogP) is 1.52. The van der Waals surface area contributed by atoms with Crippen molar-refractivity contribution in [1.29, 1.82) is 0 Å². The van der Waals surface area contributed by atoms with E-state index in [1.165, 1.54) is 0 Å². The summed E-state index contributed by atoms with van der Waals surface area (Å²) >= 11 is 0. The number of rotatable bonds is 9. The third kappa shape index (κ3) is 5.85. The summed E-state index contributed by atoms with van der Waals surface area (Å²) in [5, 5.41) is 11.4. The fourth-order valence-corrected chi connectivity index (χ4v) is 1.93. The molecule has 2 aromatic rings. The zero-order chi connectivity index (χ0) is 18.1. The van der Waals surface area contributed by atoms with Crippen LogP contribution in [0.4, 0.5) is 0 Å². The van der Waals surface area contributed by atoms with Gasteiger partial charge < -0.3 is 19.9 Å². The molecular weight excluding hydrogens is 326 g/mol. The van der Waals surface area contributed by atoms with Crippen LogP contribution in [0.15, 0.2) is 36.7 Å². The van der Waals surface area contributed by atoms with Crippen molar-refractivity contribution >= 4 is 11.9 Å². The van der Waals surface area contributed by atoms with Gasteiger partial charge in [-0.05, 0) is 24.1 Å². The summed E-state index contributed by atoms with van der Waals surface area (Å²) in [5.41, 5.74) is 0.909. The number of hydrogen-bond acceptors (Lipinski definition) is 6. The van der Waals surface area contributed by atoms with E-state index in [9.17, 15) is 9.59 Å². The van der Waals surface area contributed by atoms with E-state index in [2.05, 4.69) is 15.3 Å². The summed E-state index contributed by atoms with van der Waals surface area (Å²) in [7, 11) is 1.62. The van der Waals surface area contributed by atoms with E-state index in [1.807, 2.05) is 24.3 Å². The lowest BCUT2D eigenvalue weighted by molar-refractivity contribution is 0.0689. The van der Waals surface area contributed by atoms with Gasteiger partial charge in [0.25, 0.3) is 5.91 Å². The maximum Gasteiger partial charge on any atom is 0.356 e. The lowest BCUT2D eigenvalue weighted by atomic mass is 10.2. The molecular formula is C17H19N3O5. The second kappa shape index (κ2) is 9.33. The van der Waals surface area contributed by atoms with Gasteiger partial charge in [-0.25, -0.2) is 14.8 Å². The van der Waals surface area contributed by atoms with Crippen LogP contribution >= 0.6 is 0 Å². The van der Waals surface area contributed by atoms with Crippen LogP contribution in [0, 0.1) is 0 Å². The summed E-state index contributed by atoms with van der Waals surface area (Å²) in [6.45, 7) is 1.40. The molecule has 1 amide bonds. The number of carbonyl (C=O) groups is 2. The van der Waals surface area contributed by atoms with Crippen molar-refractivity contribution in [3.05, 3.63) is 53.6 Å². The first-order valence-electron chi connectivity index (χ1n) is 7.64. The Bertz CT molecular complexity index is 701. The van der Waals surface area contributed by atoms with Crippen molar-refractivity contribution in [3.8, 4) is 5.75 Å². The molecule has 25 heavy (non-hydrogen) atoms. The molecule has 2 N–H and O–H groups in total. The highest BCUT2D eigenvalue weighted by atomic mass is 16.5. The average molecular weight is 345 g/mol. The zero-order valence-electron chi connectivity index (χ0n) is 13.8. The van der Waals surface area contributed by atoms with Crippen molar-refractivity contribution in [2.24, 2.45) is 0 Å². The number of amides is 1. The SMILES string of the molecule is COc1ccc(COCCCNC(=O)c2cnc(C(=O)O)cn2)cc1. The molecule has 1 aromatic carbocycles. The van der Waals surface area contributed by atoms with Gasteiger partial charge in [0, 0.05) is 13.2 Å². The van der Waals surface area contributed by atoms with E-state index in [1.54, 1.807) is 7.11 Å². The molecule has 0 spiro atoms. The number of carboxylic acids is 1. The number of carboxylic acid groups (broad SMARTS) is 1. The fourth-order valence-electron chi connectivity index (χ4n) is 1.93. The van der Waals surface area contributed by atoms with Gasteiger partial charge in [0.05, 0.1) is 26.1 Å². The van der Waals surface area contributed by atoms with Gasteiger partial charge in [-0.2, -0.15) is 0 Å². The second-order valence-electron chi connectivity index (χ2n) is 5.10. The molecule has 1 heterocycles. The molecule has 0 aliphatic rings. The summed E-state index contributed by atoms with van der Waals surface area (Å²) in [5.74, 6) is -0.793. The van der Waals surface area contributed by atoms with E-state index in [0.29, 0.717) is 26.2 Å². The zero-order valence-corrected chi connectivity index (χ0v) is 13.8. The van der Waals surface area contributed by atoms with Gasteiger partial charge >= 0.3 is 5.97 Å². The number of nitrogens with one attached hydrogen (secondary N) is 1. The Labute approximate surface area is 144 Å². The smallest absolute Gasteiger partial charge is 0.356 e. The first kappa shape index (κ1) is 18.3. The van der Waals surface area contributed by atoms with Crippen LogP contribution in [0.2, 0.25) is 0 Å². The maximum absolute atomic E-state index is 11.8. The van der Waals surface area contributed by atoms with Crippen LogP contribution in [-0.4, -0.2) is 47.2 Å². The summed E-state index contributed by atoms with van der Waals surface area (Å²) in [6, 6.07) is 7.60. The number of hydrogen-bond donors (Lipinski definition) is 2. The summed E-state index contributed by atoms with van der Waals surface area (Å²) in [4.78, 5) is 29.9. The lowest BCUT2D eigenvalue weighted by Crippen LogP contribution is -2.26. The first-order chi connectivity index (χ1) is 12.1. The monoisotopic (exact) mass is 345 g/mol. The molecule has 0 bridgehead atoms. The van der Waals surface area contributed by atoms with Crippen molar-refractivity contribution < 1.29 is 24.2 Å². The Balaban J connectivity index is 1.63. The molecule has 0 radical (unpaired) electrons. The minimum atomic E-state index is -1.19. The molecule has 0 atom stereocenters. The van der Waals surface area contributed by atoms with Crippen LogP contribution in [0.5, 0.6) is 5.75 Å². The number of aromatic carboxylic acids is 1. The van der Waals surface area contributed by atoms with Gasteiger partial charge in [0.2, 0.25) is 0 Å². The van der Waals surface area contributed by atoms with Crippen LogP contribution in [0.3, 0.4) is 0 Å². The molecule has 0 saturated carbocycles. The number of aromatic nitrogens is 2. The molecule has 8 heteroatoms. The van der Waals surface area contributed by atoms with Crippen molar-refractivity contribution in [3.63, 3.8) is 0 Å². The van der Waals surface area contributed by atoms with Gasteiger partial charge in [-0.15, -0.1) is 0 Å². The standard InChI is InChI=1S/C17H19N3O5/c1-24-13-5-3-12(4-6-13)11-25-8-2-7-18-16(21)14-9-20-15(10-19-14)17(22)23/h3-6,9-10H,2,7-8,11H2,1H3,(H,18,21)(H,22,23). The van der Waals surface area contributed by atoms with E-state index < -0.39 is 11.9 Å². The molecule has 0 saturated heterocycles. The topological polar surface area (TPSA) is 111 Å². The Hall–Kier alpha value is -3.00. The van der Waals surface area contributed by atoms with Crippen LogP contribution in [0.1, 0.15) is 33.0 Å². The Morgan fingerprint density at radius 2 is 1.80 bits per heavy atom. The highest BCUT2D eigenvalue weighted by Gasteiger charge is 2.10. The van der Waals surface area contributed by atoms with E-state index in [-0.39, 0.29) is 11.4 Å². The highest BCUT2D eigenvalue weighted by molar-refractivity contribution is 5.92. The minimum absolute atomic E-state index is 0.0733. The maximum atomic E-state index is 11.8.